The second-order valence-electron chi connectivity index (χ2n) is 4.38. The van der Waals surface area contributed by atoms with E-state index in [-0.39, 0.29) is 6.09 Å². The second kappa shape index (κ2) is 5.68. The number of thiophene rings is 1. The van der Waals surface area contributed by atoms with Crippen molar-refractivity contribution >= 4 is 33.4 Å². The fourth-order valence-corrected chi connectivity index (χ4v) is 2.57. The molecule has 0 bridgehead atoms. The highest BCUT2D eigenvalue weighted by Crippen LogP contribution is 2.22. The van der Waals surface area contributed by atoms with Gasteiger partial charge in [0.25, 0.3) is 0 Å². The molecule has 90 valence electrons. The SMILES string of the molecule is CC(C)(C)OC(=O)NCCc1ccc(Br)s1. The van der Waals surface area contributed by atoms with Crippen molar-refractivity contribution in [2.24, 2.45) is 0 Å². The van der Waals surface area contributed by atoms with Crippen LogP contribution in [0.25, 0.3) is 0 Å². The first-order valence-electron chi connectivity index (χ1n) is 5.08. The topological polar surface area (TPSA) is 38.3 Å². The Morgan fingerprint density at radius 2 is 2.19 bits per heavy atom. The average Bonchev–Trinajstić information content (AvgIpc) is 2.48. The number of hydrogen-bond donors (Lipinski definition) is 1. The number of halogens is 1. The maximum Gasteiger partial charge on any atom is 0.407 e. The molecule has 1 amide bonds. The van der Waals surface area contributed by atoms with Gasteiger partial charge in [0, 0.05) is 11.4 Å². The smallest absolute Gasteiger partial charge is 0.407 e. The lowest BCUT2D eigenvalue weighted by molar-refractivity contribution is 0.0528. The lowest BCUT2D eigenvalue weighted by atomic mass is 10.2. The Balaban J connectivity index is 2.23. The van der Waals surface area contributed by atoms with Crippen molar-refractivity contribution in [2.45, 2.75) is 32.8 Å². The molecule has 0 aliphatic heterocycles. The number of carbonyl (C=O) groups excluding carboxylic acids is 1. The minimum absolute atomic E-state index is 0.358. The standard InChI is InChI=1S/C11H16BrNO2S/c1-11(2,3)15-10(14)13-7-6-8-4-5-9(12)16-8/h4-5H,6-7H2,1-3H3,(H,13,14). The van der Waals surface area contributed by atoms with Crippen LogP contribution in [0.15, 0.2) is 15.9 Å². The first-order valence-corrected chi connectivity index (χ1v) is 6.69. The van der Waals surface area contributed by atoms with Gasteiger partial charge in [-0.3, -0.25) is 0 Å². The Morgan fingerprint density at radius 1 is 1.50 bits per heavy atom. The molecule has 16 heavy (non-hydrogen) atoms. The first-order chi connectivity index (χ1) is 7.37. The Hall–Kier alpha value is -0.550. The molecule has 0 saturated heterocycles. The number of hydrogen-bond acceptors (Lipinski definition) is 3. The zero-order valence-corrected chi connectivity index (χ0v) is 12.1. The third kappa shape index (κ3) is 5.51. The highest BCUT2D eigenvalue weighted by Gasteiger charge is 2.15. The van der Waals surface area contributed by atoms with E-state index < -0.39 is 5.60 Å². The van der Waals surface area contributed by atoms with Crippen LogP contribution in [0, 0.1) is 0 Å². The van der Waals surface area contributed by atoms with Gasteiger partial charge in [-0.1, -0.05) is 0 Å². The van der Waals surface area contributed by atoms with Gasteiger partial charge in [0.1, 0.15) is 5.60 Å². The van der Waals surface area contributed by atoms with Crippen molar-refractivity contribution < 1.29 is 9.53 Å². The van der Waals surface area contributed by atoms with Crippen molar-refractivity contribution in [3.8, 4) is 0 Å². The van der Waals surface area contributed by atoms with Crippen LogP contribution >= 0.6 is 27.3 Å². The molecule has 5 heteroatoms. The van der Waals surface area contributed by atoms with E-state index in [1.165, 1.54) is 4.88 Å². The summed E-state index contributed by atoms with van der Waals surface area (Å²) in [5, 5.41) is 2.73. The van der Waals surface area contributed by atoms with Crippen molar-refractivity contribution in [1.82, 2.24) is 5.32 Å². The van der Waals surface area contributed by atoms with Crippen molar-refractivity contribution in [2.75, 3.05) is 6.54 Å². The molecule has 0 atom stereocenters. The van der Waals surface area contributed by atoms with Crippen molar-refractivity contribution in [1.29, 1.82) is 0 Å². The summed E-state index contributed by atoms with van der Waals surface area (Å²) in [6.45, 7) is 6.15. The third-order valence-electron chi connectivity index (χ3n) is 1.67. The molecule has 0 saturated carbocycles. The molecule has 0 unspecified atom stereocenters. The van der Waals surface area contributed by atoms with Crippen LogP contribution in [0.3, 0.4) is 0 Å². The summed E-state index contributed by atoms with van der Waals surface area (Å²) in [7, 11) is 0. The molecule has 0 aromatic carbocycles. The van der Waals surface area contributed by atoms with Crippen molar-refractivity contribution in [3.63, 3.8) is 0 Å². The summed E-state index contributed by atoms with van der Waals surface area (Å²) in [5.41, 5.74) is -0.434. The fraction of sp³-hybridized carbons (Fsp3) is 0.545. The predicted octanol–water partition coefficient (Wildman–Crippen LogP) is 3.58. The highest BCUT2D eigenvalue weighted by molar-refractivity contribution is 9.11. The summed E-state index contributed by atoms with van der Waals surface area (Å²) in [4.78, 5) is 12.6. The van der Waals surface area contributed by atoms with E-state index in [4.69, 9.17) is 4.74 Å². The van der Waals surface area contributed by atoms with Gasteiger partial charge < -0.3 is 10.1 Å². The molecule has 1 aromatic heterocycles. The summed E-state index contributed by atoms with van der Waals surface area (Å²) in [6.07, 6.45) is 0.471. The second-order valence-corrected chi connectivity index (χ2v) is 6.93. The van der Waals surface area contributed by atoms with Gasteiger partial charge in [0.2, 0.25) is 0 Å². The van der Waals surface area contributed by atoms with E-state index in [9.17, 15) is 4.79 Å². The van der Waals surface area contributed by atoms with Gasteiger partial charge in [-0.05, 0) is 55.3 Å². The van der Waals surface area contributed by atoms with Gasteiger partial charge in [-0.2, -0.15) is 0 Å². The molecular formula is C11H16BrNO2S. The maximum absolute atomic E-state index is 11.3. The van der Waals surface area contributed by atoms with Crippen LogP contribution in [0.1, 0.15) is 25.6 Å². The molecule has 0 aliphatic carbocycles. The lowest BCUT2D eigenvalue weighted by Crippen LogP contribution is -2.33. The van der Waals surface area contributed by atoms with Gasteiger partial charge in [-0.25, -0.2) is 4.79 Å². The van der Waals surface area contributed by atoms with Crippen LogP contribution in [-0.4, -0.2) is 18.2 Å². The molecule has 0 fully saturated rings. The lowest BCUT2D eigenvalue weighted by Gasteiger charge is -2.19. The van der Waals surface area contributed by atoms with Gasteiger partial charge in [-0.15, -0.1) is 11.3 Å². The van der Waals surface area contributed by atoms with E-state index in [1.807, 2.05) is 32.9 Å². The van der Waals surface area contributed by atoms with Gasteiger partial charge in [0.05, 0.1) is 3.79 Å². The molecule has 0 aliphatic rings. The maximum atomic E-state index is 11.3. The first kappa shape index (κ1) is 13.5. The molecule has 1 heterocycles. The Labute approximate surface area is 108 Å². The summed E-state index contributed by atoms with van der Waals surface area (Å²) in [6, 6.07) is 4.05. The van der Waals surface area contributed by atoms with Crippen molar-refractivity contribution in [3.05, 3.63) is 20.8 Å². The number of alkyl carbamates (subject to hydrolysis) is 1. The number of amides is 1. The number of nitrogens with one attached hydrogen (secondary N) is 1. The zero-order valence-electron chi connectivity index (χ0n) is 9.67. The predicted molar refractivity (Wildman–Crippen MR) is 70.0 cm³/mol. The monoisotopic (exact) mass is 305 g/mol. The number of ether oxygens (including phenoxy) is 1. The van der Waals surface area contributed by atoms with E-state index in [2.05, 4.69) is 21.2 Å². The Bertz CT molecular complexity index is 357. The fourth-order valence-electron chi connectivity index (χ4n) is 1.09. The Morgan fingerprint density at radius 3 is 2.69 bits per heavy atom. The molecule has 0 spiro atoms. The Kier molecular flexibility index (Phi) is 4.80. The molecule has 1 N–H and O–H groups in total. The molecule has 1 aromatic rings. The molecule has 3 nitrogen and oxygen atoms in total. The zero-order chi connectivity index (χ0) is 12.2. The summed E-state index contributed by atoms with van der Waals surface area (Å²) < 4.78 is 6.24. The third-order valence-corrected chi connectivity index (χ3v) is 3.35. The normalized spacial score (nSPS) is 11.2. The van der Waals surface area contributed by atoms with E-state index in [1.54, 1.807) is 11.3 Å². The van der Waals surface area contributed by atoms with Crippen LogP contribution in [0.2, 0.25) is 0 Å². The minimum Gasteiger partial charge on any atom is -0.444 e. The van der Waals surface area contributed by atoms with Crippen LogP contribution < -0.4 is 5.32 Å². The molecule has 1 rings (SSSR count). The summed E-state index contributed by atoms with van der Waals surface area (Å²) >= 11 is 5.08. The van der Waals surface area contributed by atoms with E-state index in [0.717, 1.165) is 10.2 Å². The molecular weight excluding hydrogens is 290 g/mol. The average molecular weight is 306 g/mol. The van der Waals surface area contributed by atoms with Crippen LogP contribution in [-0.2, 0) is 11.2 Å². The number of carbonyl (C=O) groups is 1. The van der Waals surface area contributed by atoms with Crippen LogP contribution in [0.5, 0.6) is 0 Å². The minimum atomic E-state index is -0.434. The van der Waals surface area contributed by atoms with Gasteiger partial charge in [0.15, 0.2) is 0 Å². The highest BCUT2D eigenvalue weighted by atomic mass is 79.9. The van der Waals surface area contributed by atoms with E-state index >= 15 is 0 Å². The quantitative estimate of drug-likeness (QED) is 0.927. The van der Waals surface area contributed by atoms with Gasteiger partial charge >= 0.3 is 6.09 Å². The molecule has 0 radical (unpaired) electrons. The van der Waals surface area contributed by atoms with E-state index in [0.29, 0.717) is 6.54 Å². The number of rotatable bonds is 3. The largest absolute Gasteiger partial charge is 0.444 e. The summed E-state index contributed by atoms with van der Waals surface area (Å²) in [5.74, 6) is 0. The van der Waals surface area contributed by atoms with Crippen LogP contribution in [0.4, 0.5) is 4.79 Å².